The van der Waals surface area contributed by atoms with E-state index in [0.717, 1.165) is 6.42 Å². The van der Waals surface area contributed by atoms with Gasteiger partial charge in [0, 0.05) is 19.0 Å². The van der Waals surface area contributed by atoms with Crippen molar-refractivity contribution in [2.75, 3.05) is 7.11 Å². The fraction of sp³-hybridized carbons (Fsp3) is 0.714. The first kappa shape index (κ1) is 15.7. The Morgan fingerprint density at radius 2 is 2.16 bits per heavy atom. The summed E-state index contributed by atoms with van der Waals surface area (Å²) in [7, 11) is 1.54. The zero-order chi connectivity index (χ0) is 14.6. The van der Waals surface area contributed by atoms with Crippen molar-refractivity contribution in [2.24, 2.45) is 11.1 Å². The lowest BCUT2D eigenvalue weighted by molar-refractivity contribution is 0.0954. The average Bonchev–Trinajstić information content (AvgIpc) is 2.68. The Balaban J connectivity index is 2.80. The molecule has 1 heterocycles. The van der Waals surface area contributed by atoms with Crippen LogP contribution in [0.15, 0.2) is 6.20 Å². The number of carbonyl (C=O) groups is 1. The SMILES string of the molecule is CCn1ncc(OC)c1C(=O)CC(N)CC(C)(C)C. The molecule has 1 unspecified atom stereocenters. The van der Waals surface area contributed by atoms with E-state index in [1.165, 1.54) is 0 Å². The zero-order valence-corrected chi connectivity index (χ0v) is 12.6. The molecule has 0 fully saturated rings. The molecule has 108 valence electrons. The van der Waals surface area contributed by atoms with Crippen molar-refractivity contribution in [2.45, 2.75) is 53.1 Å². The fourth-order valence-corrected chi connectivity index (χ4v) is 2.23. The van der Waals surface area contributed by atoms with Gasteiger partial charge in [-0.2, -0.15) is 5.10 Å². The molecule has 2 N–H and O–H groups in total. The normalized spacial score (nSPS) is 13.4. The first-order valence-corrected chi connectivity index (χ1v) is 6.67. The van der Waals surface area contributed by atoms with Gasteiger partial charge in [0.15, 0.2) is 11.5 Å². The maximum atomic E-state index is 12.3. The smallest absolute Gasteiger partial charge is 0.186 e. The minimum atomic E-state index is -0.141. The minimum Gasteiger partial charge on any atom is -0.493 e. The summed E-state index contributed by atoms with van der Waals surface area (Å²) in [6.45, 7) is 8.94. The molecule has 0 saturated heterocycles. The van der Waals surface area contributed by atoms with E-state index in [2.05, 4.69) is 25.9 Å². The summed E-state index contributed by atoms with van der Waals surface area (Å²) < 4.78 is 6.84. The monoisotopic (exact) mass is 267 g/mol. The van der Waals surface area contributed by atoms with E-state index in [-0.39, 0.29) is 17.2 Å². The summed E-state index contributed by atoms with van der Waals surface area (Å²) in [4.78, 5) is 12.3. The highest BCUT2D eigenvalue weighted by Gasteiger charge is 2.23. The molecule has 0 bridgehead atoms. The maximum absolute atomic E-state index is 12.3. The van der Waals surface area contributed by atoms with Crippen LogP contribution in [0.2, 0.25) is 0 Å². The highest BCUT2D eigenvalue weighted by Crippen LogP contribution is 2.24. The molecule has 1 atom stereocenters. The third-order valence-electron chi connectivity index (χ3n) is 2.91. The predicted molar refractivity (Wildman–Crippen MR) is 75.4 cm³/mol. The van der Waals surface area contributed by atoms with Gasteiger partial charge in [0.05, 0.1) is 13.3 Å². The molecule has 0 aromatic carbocycles. The van der Waals surface area contributed by atoms with Gasteiger partial charge in [0.2, 0.25) is 0 Å². The largest absolute Gasteiger partial charge is 0.493 e. The van der Waals surface area contributed by atoms with E-state index in [4.69, 9.17) is 10.5 Å². The van der Waals surface area contributed by atoms with Crippen molar-refractivity contribution < 1.29 is 9.53 Å². The van der Waals surface area contributed by atoms with Crippen LogP contribution in [0.5, 0.6) is 5.75 Å². The van der Waals surface area contributed by atoms with E-state index in [9.17, 15) is 4.79 Å². The number of carbonyl (C=O) groups excluding carboxylic acids is 1. The van der Waals surface area contributed by atoms with Crippen molar-refractivity contribution in [3.05, 3.63) is 11.9 Å². The number of hydrogen-bond acceptors (Lipinski definition) is 4. The van der Waals surface area contributed by atoms with Crippen molar-refractivity contribution in [1.29, 1.82) is 0 Å². The second-order valence-corrected chi connectivity index (χ2v) is 6.03. The molecule has 0 aliphatic heterocycles. The van der Waals surface area contributed by atoms with Gasteiger partial charge in [-0.1, -0.05) is 20.8 Å². The lowest BCUT2D eigenvalue weighted by atomic mass is 9.86. The van der Waals surface area contributed by atoms with Crippen LogP contribution in [0, 0.1) is 5.41 Å². The second kappa shape index (κ2) is 6.19. The standard InChI is InChI=1S/C14H25N3O2/c1-6-17-13(12(19-5)9-16-17)11(18)7-10(15)8-14(2,3)4/h9-10H,6-8,15H2,1-5H3. The lowest BCUT2D eigenvalue weighted by Gasteiger charge is -2.22. The second-order valence-electron chi connectivity index (χ2n) is 6.03. The first-order valence-electron chi connectivity index (χ1n) is 6.67. The first-order chi connectivity index (χ1) is 8.78. The summed E-state index contributed by atoms with van der Waals surface area (Å²) in [6.07, 6.45) is 2.70. The van der Waals surface area contributed by atoms with Gasteiger partial charge in [-0.15, -0.1) is 0 Å². The summed E-state index contributed by atoms with van der Waals surface area (Å²) in [5.74, 6) is 0.516. The van der Waals surface area contributed by atoms with Crippen LogP contribution in [0.4, 0.5) is 0 Å². The molecule has 0 radical (unpaired) electrons. The van der Waals surface area contributed by atoms with Crippen LogP contribution in [-0.4, -0.2) is 28.7 Å². The molecule has 0 aliphatic rings. The van der Waals surface area contributed by atoms with Crippen LogP contribution in [-0.2, 0) is 6.54 Å². The molecule has 1 aromatic rings. The van der Waals surface area contributed by atoms with Crippen LogP contribution in [0.1, 0.15) is 51.0 Å². The molecule has 0 saturated carbocycles. The Bertz CT molecular complexity index is 411. The van der Waals surface area contributed by atoms with Crippen LogP contribution >= 0.6 is 0 Å². The number of aryl methyl sites for hydroxylation is 1. The number of nitrogens with zero attached hydrogens (tertiary/aromatic N) is 2. The summed E-state index contributed by atoms with van der Waals surface area (Å²) in [6, 6.07) is -0.141. The number of ketones is 1. The van der Waals surface area contributed by atoms with Gasteiger partial charge >= 0.3 is 0 Å². The Labute approximate surface area is 115 Å². The summed E-state index contributed by atoms with van der Waals surface area (Å²) in [5, 5.41) is 4.14. The van der Waals surface area contributed by atoms with Gasteiger partial charge in [0.25, 0.3) is 0 Å². The molecule has 1 rings (SSSR count). The number of Topliss-reactive ketones (excluding diaryl/α,β-unsaturated/α-hetero) is 1. The van der Waals surface area contributed by atoms with Crippen molar-refractivity contribution in [1.82, 2.24) is 9.78 Å². The Morgan fingerprint density at radius 1 is 1.53 bits per heavy atom. The van der Waals surface area contributed by atoms with Crippen molar-refractivity contribution in [3.63, 3.8) is 0 Å². The Morgan fingerprint density at radius 3 is 2.63 bits per heavy atom. The van der Waals surface area contributed by atoms with Gasteiger partial charge in [-0.3, -0.25) is 9.48 Å². The molecular weight excluding hydrogens is 242 g/mol. The number of ether oxygens (including phenoxy) is 1. The van der Waals surface area contributed by atoms with E-state index in [0.29, 0.717) is 24.4 Å². The van der Waals surface area contributed by atoms with Crippen molar-refractivity contribution >= 4 is 5.78 Å². The van der Waals surface area contributed by atoms with Crippen LogP contribution in [0.25, 0.3) is 0 Å². The highest BCUT2D eigenvalue weighted by molar-refractivity contribution is 5.97. The van der Waals surface area contributed by atoms with E-state index in [1.807, 2.05) is 6.92 Å². The quantitative estimate of drug-likeness (QED) is 0.802. The number of rotatable bonds is 6. The Hall–Kier alpha value is -1.36. The van der Waals surface area contributed by atoms with E-state index in [1.54, 1.807) is 18.0 Å². The predicted octanol–water partition coefficient (Wildman–Crippen LogP) is 2.25. The molecule has 0 spiro atoms. The van der Waals surface area contributed by atoms with Gasteiger partial charge in [-0.25, -0.2) is 0 Å². The number of methoxy groups -OCH3 is 1. The third kappa shape index (κ3) is 4.35. The Kier molecular flexibility index (Phi) is 5.11. The van der Waals surface area contributed by atoms with Gasteiger partial charge in [0.1, 0.15) is 5.69 Å². The van der Waals surface area contributed by atoms with E-state index >= 15 is 0 Å². The van der Waals surface area contributed by atoms with Crippen molar-refractivity contribution in [3.8, 4) is 5.75 Å². The van der Waals surface area contributed by atoms with Crippen LogP contribution in [0.3, 0.4) is 0 Å². The fourth-order valence-electron chi connectivity index (χ4n) is 2.23. The molecule has 1 aromatic heterocycles. The lowest BCUT2D eigenvalue weighted by Crippen LogP contribution is -2.29. The molecule has 0 aliphatic carbocycles. The molecule has 0 amide bonds. The topological polar surface area (TPSA) is 70.1 Å². The molecule has 5 nitrogen and oxygen atoms in total. The highest BCUT2D eigenvalue weighted by atomic mass is 16.5. The zero-order valence-electron chi connectivity index (χ0n) is 12.6. The average molecular weight is 267 g/mol. The maximum Gasteiger partial charge on any atom is 0.186 e. The number of nitrogens with two attached hydrogens (primary N) is 1. The van der Waals surface area contributed by atoms with Gasteiger partial charge in [-0.05, 0) is 18.8 Å². The molecular formula is C14H25N3O2. The minimum absolute atomic E-state index is 0.00653. The van der Waals surface area contributed by atoms with Gasteiger partial charge < -0.3 is 10.5 Å². The molecule has 5 heteroatoms. The number of aromatic nitrogens is 2. The number of hydrogen-bond donors (Lipinski definition) is 1. The van der Waals surface area contributed by atoms with E-state index < -0.39 is 0 Å². The summed E-state index contributed by atoms with van der Waals surface area (Å²) >= 11 is 0. The van der Waals surface area contributed by atoms with Crippen LogP contribution < -0.4 is 10.5 Å². The molecule has 19 heavy (non-hydrogen) atoms. The third-order valence-corrected chi connectivity index (χ3v) is 2.91. The summed E-state index contributed by atoms with van der Waals surface area (Å²) in [5.41, 5.74) is 6.70.